The number of fused-ring (bicyclic) bond motifs is 2. The molecule has 0 radical (unpaired) electrons. The van der Waals surface area contributed by atoms with Gasteiger partial charge in [-0.3, -0.25) is 0 Å². The van der Waals surface area contributed by atoms with Crippen LogP contribution in [0.3, 0.4) is 0 Å². The van der Waals surface area contributed by atoms with Gasteiger partial charge < -0.3 is 0 Å². The quantitative estimate of drug-likeness (QED) is 0.658. The molecule has 2 atom stereocenters. The van der Waals surface area contributed by atoms with Crippen LogP contribution < -0.4 is 0 Å². The molecule has 2 unspecified atom stereocenters. The third kappa shape index (κ3) is 1.32. The highest BCUT2D eigenvalue weighted by Gasteiger charge is 2.47. The van der Waals surface area contributed by atoms with Crippen molar-refractivity contribution in [3.8, 4) is 0 Å². The van der Waals surface area contributed by atoms with E-state index in [9.17, 15) is 0 Å². The Labute approximate surface area is 99.5 Å². The van der Waals surface area contributed by atoms with Gasteiger partial charge in [-0.1, -0.05) is 51.8 Å². The summed E-state index contributed by atoms with van der Waals surface area (Å²) in [6, 6.07) is 10.9. The summed E-state index contributed by atoms with van der Waals surface area (Å²) < 4.78 is 0.336. The van der Waals surface area contributed by atoms with Crippen LogP contribution in [0, 0.1) is 5.92 Å². The van der Waals surface area contributed by atoms with Crippen LogP contribution in [0.15, 0.2) is 35.9 Å². The summed E-state index contributed by atoms with van der Waals surface area (Å²) in [6.07, 6.45) is 3.98. The van der Waals surface area contributed by atoms with Gasteiger partial charge in [0.25, 0.3) is 0 Å². The van der Waals surface area contributed by atoms with E-state index in [2.05, 4.69) is 53.2 Å². The van der Waals surface area contributed by atoms with Crippen molar-refractivity contribution < 1.29 is 0 Å². The second-order valence-corrected chi connectivity index (χ2v) is 6.33. The first-order valence-corrected chi connectivity index (χ1v) is 6.45. The van der Waals surface area contributed by atoms with Crippen molar-refractivity contribution in [1.82, 2.24) is 0 Å². The van der Waals surface area contributed by atoms with E-state index in [1.807, 2.05) is 0 Å². The van der Waals surface area contributed by atoms with Gasteiger partial charge in [0.15, 0.2) is 0 Å². The lowest BCUT2D eigenvalue weighted by atomic mass is 9.88. The summed E-state index contributed by atoms with van der Waals surface area (Å²) in [6.45, 7) is 2.30. The summed E-state index contributed by atoms with van der Waals surface area (Å²) in [5.41, 5.74) is 4.62. The van der Waals surface area contributed by atoms with E-state index >= 15 is 0 Å². The number of hydrogen-bond donors (Lipinski definition) is 0. The lowest BCUT2D eigenvalue weighted by Crippen LogP contribution is -2.15. The largest absolute Gasteiger partial charge is 0.0805 e. The minimum Gasteiger partial charge on any atom is -0.0805 e. The second kappa shape index (κ2) is 3.21. The molecule has 78 valence electrons. The van der Waals surface area contributed by atoms with Gasteiger partial charge in [-0.25, -0.2) is 0 Å². The van der Waals surface area contributed by atoms with Gasteiger partial charge in [0.2, 0.25) is 0 Å². The number of alkyl halides is 1. The van der Waals surface area contributed by atoms with E-state index in [-0.39, 0.29) is 0 Å². The maximum absolute atomic E-state index is 3.93. The Morgan fingerprint density at radius 1 is 1.27 bits per heavy atom. The van der Waals surface area contributed by atoms with Crippen LogP contribution in [0.25, 0.3) is 5.57 Å². The molecule has 0 heterocycles. The van der Waals surface area contributed by atoms with Crippen LogP contribution in [-0.4, -0.2) is 4.32 Å². The maximum atomic E-state index is 3.93. The fraction of sp³-hybridized carbons (Fsp3) is 0.429. The topological polar surface area (TPSA) is 0 Å². The van der Waals surface area contributed by atoms with Crippen molar-refractivity contribution in [2.75, 3.05) is 0 Å². The Morgan fingerprint density at radius 3 is 2.60 bits per heavy atom. The number of hydrogen-bond acceptors (Lipinski definition) is 0. The molecule has 3 rings (SSSR count). The Balaban J connectivity index is 2.11. The molecular formula is C14H15Br. The van der Waals surface area contributed by atoms with Crippen molar-refractivity contribution in [3.63, 3.8) is 0 Å². The first-order valence-electron chi connectivity index (χ1n) is 5.66. The lowest BCUT2D eigenvalue weighted by Gasteiger charge is -2.23. The first kappa shape index (κ1) is 9.65. The summed E-state index contributed by atoms with van der Waals surface area (Å²) in [5.74, 6) is 0.798. The molecule has 0 saturated heterocycles. The van der Waals surface area contributed by atoms with Gasteiger partial charge in [0.05, 0.1) is 0 Å². The SMILES string of the molecule is CC1=C(c2ccccc2)C2CCC1(Br)C2. The molecule has 1 aromatic carbocycles. The zero-order valence-electron chi connectivity index (χ0n) is 8.96. The number of halogens is 1. The monoisotopic (exact) mass is 262 g/mol. The van der Waals surface area contributed by atoms with E-state index in [0.29, 0.717) is 4.32 Å². The van der Waals surface area contributed by atoms with Gasteiger partial charge in [-0.2, -0.15) is 0 Å². The predicted molar refractivity (Wildman–Crippen MR) is 68.0 cm³/mol. The minimum atomic E-state index is 0.336. The zero-order chi connectivity index (χ0) is 10.5. The molecular weight excluding hydrogens is 248 g/mol. The molecule has 1 heteroatoms. The third-order valence-electron chi connectivity index (χ3n) is 4.03. The average Bonchev–Trinajstić information content (AvgIpc) is 2.73. The van der Waals surface area contributed by atoms with Crippen molar-refractivity contribution >= 4 is 21.5 Å². The first-order chi connectivity index (χ1) is 7.21. The molecule has 1 fully saturated rings. The normalized spacial score (nSPS) is 33.9. The smallest absolute Gasteiger partial charge is 0.0475 e. The Kier molecular flexibility index (Phi) is 2.07. The van der Waals surface area contributed by atoms with Gasteiger partial charge in [-0.05, 0) is 43.2 Å². The molecule has 0 spiro atoms. The summed E-state index contributed by atoms with van der Waals surface area (Å²) >= 11 is 3.93. The molecule has 2 aliphatic rings. The van der Waals surface area contributed by atoms with E-state index in [0.717, 1.165) is 5.92 Å². The number of benzene rings is 1. The van der Waals surface area contributed by atoms with Crippen molar-refractivity contribution in [2.24, 2.45) is 5.92 Å². The highest BCUT2D eigenvalue weighted by molar-refractivity contribution is 9.10. The lowest BCUT2D eigenvalue weighted by molar-refractivity contribution is 0.716. The van der Waals surface area contributed by atoms with E-state index in [4.69, 9.17) is 0 Å². The Bertz CT molecular complexity index is 418. The molecule has 0 aliphatic heterocycles. The molecule has 0 aromatic heterocycles. The zero-order valence-corrected chi connectivity index (χ0v) is 10.5. The summed E-state index contributed by atoms with van der Waals surface area (Å²) in [4.78, 5) is 0. The van der Waals surface area contributed by atoms with Gasteiger partial charge in [-0.15, -0.1) is 0 Å². The predicted octanol–water partition coefficient (Wildman–Crippen LogP) is 4.41. The van der Waals surface area contributed by atoms with E-state index in [1.165, 1.54) is 24.8 Å². The molecule has 0 nitrogen and oxygen atoms in total. The standard InChI is InChI=1S/C14H15Br/c1-10-13(11-5-3-2-4-6-11)12-7-8-14(10,15)9-12/h2-6,12H,7-9H2,1H3. The minimum absolute atomic E-state index is 0.336. The van der Waals surface area contributed by atoms with Crippen LogP contribution in [0.1, 0.15) is 31.7 Å². The highest BCUT2D eigenvalue weighted by Crippen LogP contribution is 2.58. The van der Waals surface area contributed by atoms with Crippen LogP contribution in [0.2, 0.25) is 0 Å². The fourth-order valence-electron chi connectivity index (χ4n) is 3.20. The Hall–Kier alpha value is -0.560. The van der Waals surface area contributed by atoms with E-state index < -0.39 is 0 Å². The second-order valence-electron chi connectivity index (χ2n) is 4.81. The third-order valence-corrected chi connectivity index (χ3v) is 5.34. The molecule has 0 N–H and O–H groups in total. The highest BCUT2D eigenvalue weighted by atomic mass is 79.9. The molecule has 0 amide bonds. The summed E-state index contributed by atoms with van der Waals surface area (Å²) in [5, 5.41) is 0. The fourth-order valence-corrected chi connectivity index (χ4v) is 4.04. The average molecular weight is 263 g/mol. The molecule has 15 heavy (non-hydrogen) atoms. The molecule has 2 aliphatic carbocycles. The molecule has 1 saturated carbocycles. The van der Waals surface area contributed by atoms with Crippen molar-refractivity contribution in [3.05, 3.63) is 41.5 Å². The van der Waals surface area contributed by atoms with Crippen molar-refractivity contribution in [2.45, 2.75) is 30.5 Å². The Morgan fingerprint density at radius 2 is 2.00 bits per heavy atom. The number of allylic oxidation sites excluding steroid dienone is 2. The maximum Gasteiger partial charge on any atom is 0.0475 e. The number of rotatable bonds is 1. The van der Waals surface area contributed by atoms with Gasteiger partial charge >= 0.3 is 0 Å². The van der Waals surface area contributed by atoms with Crippen molar-refractivity contribution in [1.29, 1.82) is 0 Å². The summed E-state index contributed by atoms with van der Waals surface area (Å²) in [7, 11) is 0. The van der Waals surface area contributed by atoms with Crippen LogP contribution in [0.4, 0.5) is 0 Å². The van der Waals surface area contributed by atoms with Crippen LogP contribution in [-0.2, 0) is 0 Å². The molecule has 2 bridgehead atoms. The van der Waals surface area contributed by atoms with Crippen LogP contribution in [0.5, 0.6) is 0 Å². The van der Waals surface area contributed by atoms with E-state index in [1.54, 1.807) is 11.1 Å². The molecule has 1 aromatic rings. The van der Waals surface area contributed by atoms with Crippen LogP contribution >= 0.6 is 15.9 Å². The van der Waals surface area contributed by atoms with Gasteiger partial charge in [0, 0.05) is 4.32 Å². The van der Waals surface area contributed by atoms with Gasteiger partial charge in [0.1, 0.15) is 0 Å².